The molecule has 0 saturated heterocycles. The van der Waals surface area contributed by atoms with Crippen molar-refractivity contribution in [2.24, 2.45) is 0 Å². The highest BCUT2D eigenvalue weighted by molar-refractivity contribution is 5.91. The first kappa shape index (κ1) is 15.3. The molecule has 0 bridgehead atoms. The Labute approximate surface area is 146 Å². The molecule has 0 saturated carbocycles. The van der Waals surface area contributed by atoms with Gasteiger partial charge in [0.15, 0.2) is 0 Å². The Morgan fingerprint density at radius 1 is 0.880 bits per heavy atom. The van der Waals surface area contributed by atoms with Crippen LogP contribution in [0.15, 0.2) is 54.6 Å². The summed E-state index contributed by atoms with van der Waals surface area (Å²) < 4.78 is 1.78. The third-order valence-electron chi connectivity index (χ3n) is 4.19. The van der Waals surface area contributed by atoms with Crippen LogP contribution >= 0.6 is 0 Å². The van der Waals surface area contributed by atoms with Gasteiger partial charge >= 0.3 is 0 Å². The van der Waals surface area contributed by atoms with Gasteiger partial charge < -0.3 is 5.32 Å². The summed E-state index contributed by atoms with van der Waals surface area (Å²) in [5, 5.41) is 8.96. The SMILES string of the molecule is Cc1cc(C)n(-c2nc(Nc3ccccc3C)c3ccccc3n2)n1. The third kappa shape index (κ3) is 2.85. The molecule has 5 heteroatoms. The van der Waals surface area contributed by atoms with Crippen LogP contribution in [0, 0.1) is 20.8 Å². The third-order valence-corrected chi connectivity index (χ3v) is 4.19. The van der Waals surface area contributed by atoms with Crippen molar-refractivity contribution in [1.82, 2.24) is 19.7 Å². The largest absolute Gasteiger partial charge is 0.339 e. The van der Waals surface area contributed by atoms with Gasteiger partial charge in [0.05, 0.1) is 11.2 Å². The Morgan fingerprint density at radius 2 is 1.64 bits per heavy atom. The lowest BCUT2D eigenvalue weighted by molar-refractivity contribution is 0.781. The highest BCUT2D eigenvalue weighted by atomic mass is 15.4. The van der Waals surface area contributed by atoms with Gasteiger partial charge in [-0.25, -0.2) is 9.67 Å². The van der Waals surface area contributed by atoms with Crippen molar-refractivity contribution in [1.29, 1.82) is 0 Å². The average molecular weight is 329 g/mol. The van der Waals surface area contributed by atoms with Crippen LogP contribution in [0.1, 0.15) is 17.0 Å². The molecular formula is C20H19N5. The van der Waals surface area contributed by atoms with E-state index in [1.165, 1.54) is 0 Å². The number of aryl methyl sites for hydroxylation is 3. The lowest BCUT2D eigenvalue weighted by Crippen LogP contribution is -2.08. The second-order valence-corrected chi connectivity index (χ2v) is 6.17. The number of hydrogen-bond donors (Lipinski definition) is 1. The first-order valence-corrected chi connectivity index (χ1v) is 8.25. The van der Waals surface area contributed by atoms with Crippen molar-refractivity contribution in [2.45, 2.75) is 20.8 Å². The van der Waals surface area contributed by atoms with E-state index in [-0.39, 0.29) is 0 Å². The van der Waals surface area contributed by atoms with Gasteiger partial charge in [-0.15, -0.1) is 0 Å². The Kier molecular flexibility index (Phi) is 3.69. The summed E-state index contributed by atoms with van der Waals surface area (Å²) in [6.07, 6.45) is 0. The molecule has 0 fully saturated rings. The van der Waals surface area contributed by atoms with E-state index in [0.717, 1.165) is 39.4 Å². The van der Waals surface area contributed by atoms with E-state index in [1.807, 2.05) is 56.3 Å². The smallest absolute Gasteiger partial charge is 0.253 e. The lowest BCUT2D eigenvalue weighted by Gasteiger charge is -2.13. The maximum Gasteiger partial charge on any atom is 0.253 e. The predicted octanol–water partition coefficient (Wildman–Crippen LogP) is 4.48. The molecule has 0 aliphatic heterocycles. The number of nitrogens with one attached hydrogen (secondary N) is 1. The number of anilines is 2. The maximum absolute atomic E-state index is 4.76. The second-order valence-electron chi connectivity index (χ2n) is 6.17. The zero-order valence-corrected chi connectivity index (χ0v) is 14.5. The molecule has 0 amide bonds. The number of benzene rings is 2. The van der Waals surface area contributed by atoms with Crippen molar-refractivity contribution in [3.63, 3.8) is 0 Å². The quantitative estimate of drug-likeness (QED) is 0.602. The van der Waals surface area contributed by atoms with Gasteiger partial charge in [-0.3, -0.25) is 0 Å². The molecular weight excluding hydrogens is 310 g/mol. The number of aromatic nitrogens is 4. The Bertz CT molecular complexity index is 1060. The Morgan fingerprint density at radius 3 is 2.40 bits per heavy atom. The van der Waals surface area contributed by atoms with Gasteiger partial charge in [0, 0.05) is 16.8 Å². The van der Waals surface area contributed by atoms with Gasteiger partial charge in [-0.1, -0.05) is 30.3 Å². The standard InChI is InChI=1S/C20H19N5/c1-13-8-4-6-10-17(13)21-19-16-9-5-7-11-18(16)22-20(23-19)25-15(3)12-14(2)24-25/h4-12H,1-3H3,(H,21,22,23). The summed E-state index contributed by atoms with van der Waals surface area (Å²) in [5.74, 6) is 1.35. The Hall–Kier alpha value is -3.21. The molecule has 2 aromatic heterocycles. The molecule has 2 aromatic carbocycles. The van der Waals surface area contributed by atoms with Crippen LogP contribution in [0.25, 0.3) is 16.9 Å². The maximum atomic E-state index is 4.76. The van der Waals surface area contributed by atoms with Crippen LogP contribution in [0.5, 0.6) is 0 Å². The molecule has 25 heavy (non-hydrogen) atoms. The number of para-hydroxylation sites is 2. The van der Waals surface area contributed by atoms with Crippen LogP contribution in [-0.4, -0.2) is 19.7 Å². The number of nitrogens with zero attached hydrogens (tertiary/aromatic N) is 4. The molecule has 0 unspecified atom stereocenters. The van der Waals surface area contributed by atoms with Gasteiger partial charge in [0.25, 0.3) is 5.95 Å². The van der Waals surface area contributed by atoms with Crippen molar-refractivity contribution in [3.05, 3.63) is 71.5 Å². The summed E-state index contributed by atoms with van der Waals surface area (Å²) >= 11 is 0. The van der Waals surface area contributed by atoms with E-state index >= 15 is 0 Å². The monoisotopic (exact) mass is 329 g/mol. The zero-order valence-electron chi connectivity index (χ0n) is 14.5. The summed E-state index contributed by atoms with van der Waals surface area (Å²) in [7, 11) is 0. The van der Waals surface area contributed by atoms with Gasteiger partial charge in [-0.05, 0) is 50.6 Å². The predicted molar refractivity (Wildman–Crippen MR) is 101 cm³/mol. The molecule has 0 aliphatic rings. The highest BCUT2D eigenvalue weighted by Gasteiger charge is 2.12. The van der Waals surface area contributed by atoms with Crippen LogP contribution < -0.4 is 5.32 Å². The molecule has 0 radical (unpaired) electrons. The minimum absolute atomic E-state index is 0.570. The molecule has 5 nitrogen and oxygen atoms in total. The summed E-state index contributed by atoms with van der Waals surface area (Å²) in [6, 6.07) is 18.2. The summed E-state index contributed by atoms with van der Waals surface area (Å²) in [4.78, 5) is 9.45. The fourth-order valence-electron chi connectivity index (χ4n) is 2.93. The van der Waals surface area contributed by atoms with E-state index < -0.39 is 0 Å². The van der Waals surface area contributed by atoms with Crippen molar-refractivity contribution in [2.75, 3.05) is 5.32 Å². The molecule has 4 aromatic rings. The summed E-state index contributed by atoms with van der Waals surface area (Å²) in [5.41, 5.74) is 5.04. The van der Waals surface area contributed by atoms with Crippen LogP contribution in [0.4, 0.5) is 11.5 Å². The average Bonchev–Trinajstić information content (AvgIpc) is 2.95. The van der Waals surface area contributed by atoms with Gasteiger partial charge in [-0.2, -0.15) is 10.1 Å². The minimum atomic E-state index is 0.570. The van der Waals surface area contributed by atoms with E-state index in [0.29, 0.717) is 5.95 Å². The van der Waals surface area contributed by atoms with Crippen LogP contribution in [0.3, 0.4) is 0 Å². The fourth-order valence-corrected chi connectivity index (χ4v) is 2.93. The molecule has 1 N–H and O–H groups in total. The van der Waals surface area contributed by atoms with Crippen LogP contribution in [-0.2, 0) is 0 Å². The number of rotatable bonds is 3. The zero-order chi connectivity index (χ0) is 17.4. The van der Waals surface area contributed by atoms with E-state index in [2.05, 4.69) is 29.5 Å². The van der Waals surface area contributed by atoms with E-state index in [1.54, 1.807) is 4.68 Å². The summed E-state index contributed by atoms with van der Waals surface area (Å²) in [6.45, 7) is 6.05. The second kappa shape index (κ2) is 6.02. The topological polar surface area (TPSA) is 55.6 Å². The Balaban J connectivity index is 1.90. The van der Waals surface area contributed by atoms with E-state index in [9.17, 15) is 0 Å². The van der Waals surface area contributed by atoms with E-state index in [4.69, 9.17) is 9.97 Å². The molecule has 2 heterocycles. The van der Waals surface area contributed by atoms with Gasteiger partial charge in [0.2, 0.25) is 0 Å². The first-order chi connectivity index (χ1) is 12.1. The normalized spacial score (nSPS) is 11.0. The molecule has 4 rings (SSSR count). The minimum Gasteiger partial charge on any atom is -0.339 e. The highest BCUT2D eigenvalue weighted by Crippen LogP contribution is 2.26. The fraction of sp³-hybridized carbons (Fsp3) is 0.150. The number of fused-ring (bicyclic) bond motifs is 1. The number of hydrogen-bond acceptors (Lipinski definition) is 4. The molecule has 124 valence electrons. The van der Waals surface area contributed by atoms with Crippen molar-refractivity contribution >= 4 is 22.4 Å². The van der Waals surface area contributed by atoms with Crippen LogP contribution in [0.2, 0.25) is 0 Å². The molecule has 0 atom stereocenters. The van der Waals surface area contributed by atoms with Crippen molar-refractivity contribution < 1.29 is 0 Å². The lowest BCUT2D eigenvalue weighted by atomic mass is 10.2. The molecule has 0 spiro atoms. The molecule has 0 aliphatic carbocycles. The van der Waals surface area contributed by atoms with Crippen molar-refractivity contribution in [3.8, 4) is 5.95 Å². The first-order valence-electron chi connectivity index (χ1n) is 8.25. The van der Waals surface area contributed by atoms with Gasteiger partial charge in [0.1, 0.15) is 5.82 Å².